The summed E-state index contributed by atoms with van der Waals surface area (Å²) in [6.45, 7) is 9.11. The summed E-state index contributed by atoms with van der Waals surface area (Å²) in [4.78, 5) is 36.8. The van der Waals surface area contributed by atoms with Crippen LogP contribution in [0.1, 0.15) is 47.5 Å². The van der Waals surface area contributed by atoms with Crippen molar-refractivity contribution in [2.45, 2.75) is 53.5 Å². The lowest BCUT2D eigenvalue weighted by atomic mass is 10.0. The van der Waals surface area contributed by atoms with E-state index in [1.54, 1.807) is 7.05 Å². The first-order valence-electron chi connectivity index (χ1n) is 7.35. The van der Waals surface area contributed by atoms with Crippen LogP contribution in [0, 0.1) is 5.92 Å². The number of ketones is 1. The average molecular weight is 296 g/mol. The summed E-state index contributed by atoms with van der Waals surface area (Å²) in [5.41, 5.74) is 1.15. The molecule has 0 saturated carbocycles. The number of Topliss-reactive ketones (excluding diaryl/α,β-unsaturated/α-hetero) is 1. The van der Waals surface area contributed by atoms with Crippen molar-refractivity contribution >= 4 is 17.6 Å². The van der Waals surface area contributed by atoms with Crippen LogP contribution in [0.2, 0.25) is 0 Å². The summed E-state index contributed by atoms with van der Waals surface area (Å²) in [6, 6.07) is -0.553. The molecule has 0 saturated heterocycles. The Labute approximate surface area is 127 Å². The van der Waals surface area contributed by atoms with E-state index in [1.807, 2.05) is 33.8 Å². The number of carbonyl (C=O) groups is 3. The Morgan fingerprint density at radius 1 is 1.14 bits per heavy atom. The highest BCUT2D eigenvalue weighted by atomic mass is 16.2. The van der Waals surface area contributed by atoms with Crippen molar-refractivity contribution in [3.63, 3.8) is 0 Å². The second kappa shape index (κ2) is 9.32. The van der Waals surface area contributed by atoms with Gasteiger partial charge in [0.15, 0.2) is 0 Å². The van der Waals surface area contributed by atoms with Gasteiger partial charge >= 0.3 is 0 Å². The van der Waals surface area contributed by atoms with E-state index in [2.05, 4.69) is 5.32 Å². The molecule has 0 aliphatic carbocycles. The average Bonchev–Trinajstić information content (AvgIpc) is 2.41. The number of nitrogens with zero attached hydrogens (tertiary/aromatic N) is 1. The highest BCUT2D eigenvalue weighted by Gasteiger charge is 2.29. The Morgan fingerprint density at radius 3 is 2.14 bits per heavy atom. The van der Waals surface area contributed by atoms with Crippen LogP contribution in [0.15, 0.2) is 11.6 Å². The normalized spacial score (nSPS) is 13.0. The summed E-state index contributed by atoms with van der Waals surface area (Å²) >= 11 is 0. The lowest BCUT2D eigenvalue weighted by Crippen LogP contribution is -2.51. The van der Waals surface area contributed by atoms with Gasteiger partial charge < -0.3 is 10.2 Å². The maximum atomic E-state index is 12.2. The Balaban J connectivity index is 4.74. The smallest absolute Gasteiger partial charge is 0.243 e. The second-order valence-electron chi connectivity index (χ2n) is 5.75. The number of hydrogen-bond acceptors (Lipinski definition) is 3. The third-order valence-corrected chi connectivity index (χ3v) is 3.45. The minimum Gasteiger partial charge on any atom is -0.347 e. The fourth-order valence-corrected chi connectivity index (χ4v) is 2.02. The van der Waals surface area contributed by atoms with Gasteiger partial charge in [0.25, 0.3) is 0 Å². The fourth-order valence-electron chi connectivity index (χ4n) is 2.02. The molecule has 1 N–H and O–H groups in total. The van der Waals surface area contributed by atoms with Crippen LogP contribution in [0.3, 0.4) is 0 Å². The zero-order chi connectivity index (χ0) is 16.6. The minimum absolute atomic E-state index is 0.00175. The maximum Gasteiger partial charge on any atom is 0.243 e. The largest absolute Gasteiger partial charge is 0.347 e. The topological polar surface area (TPSA) is 66.5 Å². The third-order valence-electron chi connectivity index (χ3n) is 3.45. The van der Waals surface area contributed by atoms with Crippen molar-refractivity contribution in [1.82, 2.24) is 10.2 Å². The highest BCUT2D eigenvalue weighted by Crippen LogP contribution is 2.13. The predicted octanol–water partition coefficient (Wildman–Crippen LogP) is 1.92. The van der Waals surface area contributed by atoms with Gasteiger partial charge in [0, 0.05) is 13.5 Å². The van der Waals surface area contributed by atoms with Gasteiger partial charge in [0.1, 0.15) is 11.8 Å². The number of likely N-dealkylation sites (N-methyl/N-ethyl adjacent to an activating group) is 1. The first kappa shape index (κ1) is 19.4. The van der Waals surface area contributed by atoms with Gasteiger partial charge in [0.2, 0.25) is 11.8 Å². The maximum absolute atomic E-state index is 12.2. The van der Waals surface area contributed by atoms with Crippen molar-refractivity contribution in [3.8, 4) is 0 Å². The zero-order valence-electron chi connectivity index (χ0n) is 14.0. The van der Waals surface area contributed by atoms with E-state index in [0.29, 0.717) is 12.8 Å². The SMILES string of the molecule is CC=C(C)CCC(=O)N(C)C(C(=O)NCC(C)=O)C(C)C. The van der Waals surface area contributed by atoms with E-state index >= 15 is 0 Å². The Morgan fingerprint density at radius 2 is 1.71 bits per heavy atom. The van der Waals surface area contributed by atoms with Gasteiger partial charge in [-0.15, -0.1) is 0 Å². The number of nitrogens with one attached hydrogen (secondary N) is 1. The van der Waals surface area contributed by atoms with Gasteiger partial charge in [-0.05, 0) is 33.1 Å². The molecular formula is C16H28N2O3. The van der Waals surface area contributed by atoms with E-state index in [4.69, 9.17) is 0 Å². The van der Waals surface area contributed by atoms with Crippen molar-refractivity contribution < 1.29 is 14.4 Å². The molecular weight excluding hydrogens is 268 g/mol. The van der Waals surface area contributed by atoms with Crippen LogP contribution in [0.4, 0.5) is 0 Å². The summed E-state index contributed by atoms with van der Waals surface area (Å²) in [5, 5.41) is 2.58. The van der Waals surface area contributed by atoms with Gasteiger partial charge in [-0.2, -0.15) is 0 Å². The molecule has 0 aliphatic rings. The molecule has 120 valence electrons. The van der Waals surface area contributed by atoms with Gasteiger partial charge in [0.05, 0.1) is 6.54 Å². The van der Waals surface area contributed by atoms with E-state index < -0.39 is 6.04 Å². The monoisotopic (exact) mass is 296 g/mol. The third kappa shape index (κ3) is 7.06. The lowest BCUT2D eigenvalue weighted by molar-refractivity contribution is -0.140. The lowest BCUT2D eigenvalue weighted by Gasteiger charge is -2.30. The van der Waals surface area contributed by atoms with Crippen molar-refractivity contribution in [1.29, 1.82) is 0 Å². The first-order chi connectivity index (χ1) is 9.70. The number of hydrogen-bond donors (Lipinski definition) is 1. The molecule has 0 fully saturated rings. The van der Waals surface area contributed by atoms with Crippen LogP contribution in [-0.2, 0) is 14.4 Å². The number of rotatable bonds is 8. The molecule has 1 unspecified atom stereocenters. The van der Waals surface area contributed by atoms with Crippen molar-refractivity contribution in [2.75, 3.05) is 13.6 Å². The molecule has 21 heavy (non-hydrogen) atoms. The van der Waals surface area contributed by atoms with Gasteiger partial charge in [-0.25, -0.2) is 0 Å². The van der Waals surface area contributed by atoms with Gasteiger partial charge in [-0.1, -0.05) is 25.5 Å². The quantitative estimate of drug-likeness (QED) is 0.696. The molecule has 5 nitrogen and oxygen atoms in total. The summed E-state index contributed by atoms with van der Waals surface area (Å²) in [6.07, 6.45) is 3.06. The Hall–Kier alpha value is -1.65. The molecule has 0 aliphatic heterocycles. The van der Waals surface area contributed by atoms with Crippen LogP contribution >= 0.6 is 0 Å². The summed E-state index contributed by atoms with van der Waals surface area (Å²) in [5.74, 6) is -0.469. The Bertz CT molecular complexity index is 414. The predicted molar refractivity (Wildman–Crippen MR) is 83.8 cm³/mol. The number of amides is 2. The van der Waals surface area contributed by atoms with Crippen LogP contribution in [0.5, 0.6) is 0 Å². The molecule has 1 atom stereocenters. The van der Waals surface area contributed by atoms with Crippen LogP contribution in [0.25, 0.3) is 0 Å². The molecule has 0 aromatic heterocycles. The molecule has 0 rings (SSSR count). The standard InChI is InChI=1S/C16H28N2O3/c1-7-12(4)8-9-14(20)18(6)15(11(2)3)16(21)17-10-13(5)19/h7,11,15H,8-10H2,1-6H3,(H,17,21). The minimum atomic E-state index is -0.553. The molecule has 0 aromatic carbocycles. The van der Waals surface area contributed by atoms with Crippen molar-refractivity contribution in [2.24, 2.45) is 5.92 Å². The molecule has 0 bridgehead atoms. The molecule has 0 heterocycles. The second-order valence-corrected chi connectivity index (χ2v) is 5.75. The molecule has 2 amide bonds. The van der Waals surface area contributed by atoms with Gasteiger partial charge in [-0.3, -0.25) is 14.4 Å². The highest BCUT2D eigenvalue weighted by molar-refractivity contribution is 5.90. The van der Waals surface area contributed by atoms with Crippen molar-refractivity contribution in [3.05, 3.63) is 11.6 Å². The number of carbonyl (C=O) groups excluding carboxylic acids is 3. The van der Waals surface area contributed by atoms with Crippen LogP contribution in [-0.4, -0.2) is 42.1 Å². The number of allylic oxidation sites excluding steroid dienone is 2. The molecule has 0 radical (unpaired) electrons. The molecule has 0 aromatic rings. The first-order valence-corrected chi connectivity index (χ1v) is 7.35. The fraction of sp³-hybridized carbons (Fsp3) is 0.688. The Kier molecular flexibility index (Phi) is 8.58. The summed E-state index contributed by atoms with van der Waals surface area (Å²) in [7, 11) is 1.64. The molecule has 5 heteroatoms. The van der Waals surface area contributed by atoms with E-state index in [1.165, 1.54) is 11.8 Å². The van der Waals surface area contributed by atoms with E-state index in [0.717, 1.165) is 5.57 Å². The molecule has 0 spiro atoms. The summed E-state index contributed by atoms with van der Waals surface area (Å²) < 4.78 is 0. The van der Waals surface area contributed by atoms with E-state index in [-0.39, 0.29) is 30.1 Å². The van der Waals surface area contributed by atoms with Crippen LogP contribution < -0.4 is 5.32 Å². The zero-order valence-corrected chi connectivity index (χ0v) is 14.0. The van der Waals surface area contributed by atoms with E-state index in [9.17, 15) is 14.4 Å².